The van der Waals surface area contributed by atoms with E-state index >= 15 is 0 Å². The molecule has 2 aromatic carbocycles. The fourth-order valence-corrected chi connectivity index (χ4v) is 5.56. The molecule has 2 aromatic rings. The SMILES string of the molecule is CC(NC(=O)COc1ccc(C2SCCCS2)cc1)c1ccc(F)cc1. The summed E-state index contributed by atoms with van der Waals surface area (Å²) in [5, 5.41) is 2.86. The molecule has 1 atom stereocenters. The van der Waals surface area contributed by atoms with Crippen LogP contribution in [0.4, 0.5) is 4.39 Å². The molecule has 3 nitrogen and oxygen atoms in total. The number of hydrogen-bond donors (Lipinski definition) is 1. The zero-order valence-electron chi connectivity index (χ0n) is 14.6. The Labute approximate surface area is 162 Å². The first-order chi connectivity index (χ1) is 12.6. The van der Waals surface area contributed by atoms with E-state index in [1.54, 1.807) is 12.1 Å². The summed E-state index contributed by atoms with van der Waals surface area (Å²) < 4.78 is 19.0. The Balaban J connectivity index is 1.47. The van der Waals surface area contributed by atoms with Gasteiger partial charge in [-0.25, -0.2) is 4.39 Å². The molecule has 1 heterocycles. The molecular weight excluding hydrogens is 369 g/mol. The Bertz CT molecular complexity index is 716. The predicted molar refractivity (Wildman–Crippen MR) is 107 cm³/mol. The molecule has 1 aliphatic heterocycles. The Hall–Kier alpha value is -1.66. The summed E-state index contributed by atoms with van der Waals surface area (Å²) in [4.78, 5) is 12.1. The minimum Gasteiger partial charge on any atom is -0.484 e. The quantitative estimate of drug-likeness (QED) is 0.756. The molecule has 1 saturated heterocycles. The topological polar surface area (TPSA) is 38.3 Å². The fraction of sp³-hybridized carbons (Fsp3) is 0.350. The second kappa shape index (κ2) is 9.33. The van der Waals surface area contributed by atoms with E-state index in [0.29, 0.717) is 10.3 Å². The molecule has 1 fully saturated rings. The van der Waals surface area contributed by atoms with Gasteiger partial charge in [-0.1, -0.05) is 24.3 Å². The highest BCUT2D eigenvalue weighted by Crippen LogP contribution is 2.43. The van der Waals surface area contributed by atoms with Crippen molar-refractivity contribution in [1.29, 1.82) is 0 Å². The van der Waals surface area contributed by atoms with Crippen LogP contribution in [-0.2, 0) is 4.79 Å². The predicted octanol–water partition coefficient (Wildman–Crippen LogP) is 4.95. The van der Waals surface area contributed by atoms with Crippen molar-refractivity contribution in [3.63, 3.8) is 0 Å². The molecule has 1 N–H and O–H groups in total. The number of rotatable bonds is 6. The molecule has 0 bridgehead atoms. The van der Waals surface area contributed by atoms with Gasteiger partial charge in [0.1, 0.15) is 11.6 Å². The summed E-state index contributed by atoms with van der Waals surface area (Å²) in [5.74, 6) is 2.61. The molecule has 1 amide bonds. The van der Waals surface area contributed by atoms with Crippen molar-refractivity contribution in [1.82, 2.24) is 5.32 Å². The van der Waals surface area contributed by atoms with Gasteiger partial charge >= 0.3 is 0 Å². The van der Waals surface area contributed by atoms with Gasteiger partial charge in [0.2, 0.25) is 0 Å². The molecule has 6 heteroatoms. The molecule has 0 aromatic heterocycles. The fourth-order valence-electron chi connectivity index (χ4n) is 2.67. The van der Waals surface area contributed by atoms with E-state index in [9.17, 15) is 9.18 Å². The van der Waals surface area contributed by atoms with Crippen LogP contribution >= 0.6 is 23.5 Å². The van der Waals surface area contributed by atoms with E-state index in [1.807, 2.05) is 42.6 Å². The van der Waals surface area contributed by atoms with Gasteiger partial charge in [-0.15, -0.1) is 23.5 Å². The molecule has 0 radical (unpaired) electrons. The van der Waals surface area contributed by atoms with Crippen LogP contribution in [0.15, 0.2) is 48.5 Å². The second-order valence-electron chi connectivity index (χ2n) is 6.13. The van der Waals surface area contributed by atoms with Crippen LogP contribution in [0, 0.1) is 5.82 Å². The first-order valence-corrected chi connectivity index (χ1v) is 10.7. The Morgan fingerprint density at radius 3 is 2.46 bits per heavy atom. The zero-order valence-corrected chi connectivity index (χ0v) is 16.2. The third kappa shape index (κ3) is 5.42. The molecule has 0 saturated carbocycles. The molecule has 1 unspecified atom stereocenters. The van der Waals surface area contributed by atoms with Crippen molar-refractivity contribution < 1.29 is 13.9 Å². The van der Waals surface area contributed by atoms with E-state index < -0.39 is 0 Å². The molecular formula is C20H22FNO2S2. The van der Waals surface area contributed by atoms with Crippen LogP contribution in [0.5, 0.6) is 5.75 Å². The van der Waals surface area contributed by atoms with Gasteiger partial charge < -0.3 is 10.1 Å². The number of halogens is 1. The highest BCUT2D eigenvalue weighted by Gasteiger charge is 2.16. The van der Waals surface area contributed by atoms with Gasteiger partial charge in [0.15, 0.2) is 6.61 Å². The second-order valence-corrected chi connectivity index (χ2v) is 8.85. The van der Waals surface area contributed by atoms with Crippen molar-refractivity contribution >= 4 is 29.4 Å². The van der Waals surface area contributed by atoms with Crippen LogP contribution in [0.3, 0.4) is 0 Å². The lowest BCUT2D eigenvalue weighted by atomic mass is 10.1. The lowest BCUT2D eigenvalue weighted by Gasteiger charge is -2.21. The summed E-state index contributed by atoms with van der Waals surface area (Å²) >= 11 is 3.96. The number of ether oxygens (including phenoxy) is 1. The van der Waals surface area contributed by atoms with Crippen LogP contribution in [0.2, 0.25) is 0 Å². The van der Waals surface area contributed by atoms with E-state index in [-0.39, 0.29) is 24.4 Å². The first kappa shape index (κ1) is 19.1. The number of hydrogen-bond acceptors (Lipinski definition) is 4. The Morgan fingerprint density at radius 2 is 1.81 bits per heavy atom. The number of benzene rings is 2. The first-order valence-electron chi connectivity index (χ1n) is 8.62. The van der Waals surface area contributed by atoms with E-state index in [4.69, 9.17) is 4.74 Å². The number of amides is 1. The van der Waals surface area contributed by atoms with Crippen molar-refractivity contribution in [3.8, 4) is 5.75 Å². The van der Waals surface area contributed by atoms with Crippen LogP contribution < -0.4 is 10.1 Å². The Kier molecular flexibility index (Phi) is 6.86. The number of carbonyl (C=O) groups is 1. The molecule has 26 heavy (non-hydrogen) atoms. The van der Waals surface area contributed by atoms with Gasteiger partial charge in [0, 0.05) is 0 Å². The maximum atomic E-state index is 13.0. The number of thioether (sulfide) groups is 2. The molecule has 1 aliphatic rings. The van der Waals surface area contributed by atoms with E-state index in [1.165, 1.54) is 35.6 Å². The zero-order chi connectivity index (χ0) is 18.4. The van der Waals surface area contributed by atoms with Crippen molar-refractivity contribution in [2.45, 2.75) is 24.0 Å². The molecule has 0 spiro atoms. The average molecular weight is 392 g/mol. The minimum atomic E-state index is -0.288. The minimum absolute atomic E-state index is 0.0438. The van der Waals surface area contributed by atoms with Crippen molar-refractivity contribution in [2.75, 3.05) is 18.1 Å². The number of nitrogens with one attached hydrogen (secondary N) is 1. The standard InChI is InChI=1S/C20H22FNO2S2/c1-14(15-3-7-17(21)8-4-15)22-19(23)13-24-18-9-5-16(6-10-18)20-25-11-2-12-26-20/h3-10,14,20H,2,11-13H2,1H3,(H,22,23). The van der Waals surface area contributed by atoms with Crippen LogP contribution in [0.1, 0.15) is 35.1 Å². The smallest absolute Gasteiger partial charge is 0.258 e. The van der Waals surface area contributed by atoms with Gasteiger partial charge in [-0.3, -0.25) is 4.79 Å². The summed E-state index contributed by atoms with van der Waals surface area (Å²) in [6.45, 7) is 1.82. The van der Waals surface area contributed by atoms with Crippen LogP contribution in [-0.4, -0.2) is 24.0 Å². The maximum Gasteiger partial charge on any atom is 0.258 e. The summed E-state index contributed by atoms with van der Waals surface area (Å²) in [6, 6.07) is 13.9. The van der Waals surface area contributed by atoms with Crippen molar-refractivity contribution in [3.05, 3.63) is 65.5 Å². The molecule has 0 aliphatic carbocycles. The molecule has 138 valence electrons. The van der Waals surface area contributed by atoms with Gasteiger partial charge in [-0.05, 0) is 60.2 Å². The maximum absolute atomic E-state index is 13.0. The van der Waals surface area contributed by atoms with Crippen LogP contribution in [0.25, 0.3) is 0 Å². The normalized spacial score (nSPS) is 16.1. The largest absolute Gasteiger partial charge is 0.484 e. The summed E-state index contributed by atoms with van der Waals surface area (Å²) in [7, 11) is 0. The van der Waals surface area contributed by atoms with Gasteiger partial charge in [-0.2, -0.15) is 0 Å². The highest BCUT2D eigenvalue weighted by atomic mass is 32.2. The van der Waals surface area contributed by atoms with Gasteiger partial charge in [0.25, 0.3) is 5.91 Å². The summed E-state index contributed by atoms with van der Waals surface area (Å²) in [5.41, 5.74) is 2.15. The van der Waals surface area contributed by atoms with Gasteiger partial charge in [0.05, 0.1) is 10.6 Å². The average Bonchev–Trinajstić information content (AvgIpc) is 2.68. The third-order valence-corrected chi connectivity index (χ3v) is 7.11. The number of carbonyl (C=O) groups excluding carboxylic acids is 1. The van der Waals surface area contributed by atoms with Crippen molar-refractivity contribution in [2.24, 2.45) is 0 Å². The lowest BCUT2D eigenvalue weighted by Crippen LogP contribution is -2.31. The monoisotopic (exact) mass is 391 g/mol. The van der Waals surface area contributed by atoms with E-state index in [2.05, 4.69) is 17.4 Å². The Morgan fingerprint density at radius 1 is 1.15 bits per heavy atom. The highest BCUT2D eigenvalue weighted by molar-refractivity contribution is 8.16. The van der Waals surface area contributed by atoms with E-state index in [0.717, 1.165) is 5.56 Å². The summed E-state index contributed by atoms with van der Waals surface area (Å²) in [6.07, 6.45) is 1.28. The molecule has 3 rings (SSSR count). The third-order valence-electron chi connectivity index (χ3n) is 4.10. The lowest BCUT2D eigenvalue weighted by molar-refractivity contribution is -0.123.